The zero-order valence-electron chi connectivity index (χ0n) is 7.83. The van der Waals surface area contributed by atoms with Crippen LogP contribution >= 0.6 is 0 Å². The van der Waals surface area contributed by atoms with E-state index in [1.54, 1.807) is 0 Å². The maximum Gasteiger partial charge on any atom is 0.337 e. The van der Waals surface area contributed by atoms with E-state index in [0.29, 0.717) is 6.07 Å². The Labute approximate surface area is 84.4 Å². The number of esters is 1. The summed E-state index contributed by atoms with van der Waals surface area (Å²) in [5.41, 5.74) is -0.00546. The van der Waals surface area contributed by atoms with Gasteiger partial charge >= 0.3 is 5.97 Å². The molecule has 0 radical (unpaired) electrons. The summed E-state index contributed by atoms with van der Waals surface area (Å²) in [6, 6.07) is 2.35. The van der Waals surface area contributed by atoms with Gasteiger partial charge in [-0.25, -0.2) is 18.6 Å². The van der Waals surface area contributed by atoms with Crippen molar-refractivity contribution in [2.75, 3.05) is 0 Å². The molecule has 0 N–H and O–H groups in total. The van der Waals surface area contributed by atoms with Gasteiger partial charge < -0.3 is 4.74 Å². The number of cyclic esters (lactones) is 1. The molecule has 3 nitrogen and oxygen atoms in total. The standard InChI is InChI=1S/C10H7F2NO2/c1-5-10(14)15-9(13-5)7-3-2-6(11)4-8(7)12/h2-5H,1H3. The van der Waals surface area contributed by atoms with Gasteiger partial charge in [0.2, 0.25) is 5.90 Å². The fourth-order valence-corrected chi connectivity index (χ4v) is 1.22. The van der Waals surface area contributed by atoms with Gasteiger partial charge in [0, 0.05) is 6.07 Å². The second-order valence-electron chi connectivity index (χ2n) is 3.16. The first kappa shape index (κ1) is 9.76. The molecule has 1 aliphatic rings. The Hall–Kier alpha value is -1.78. The van der Waals surface area contributed by atoms with Crippen molar-refractivity contribution >= 4 is 11.9 Å². The molecular formula is C10H7F2NO2. The molecule has 0 saturated heterocycles. The number of rotatable bonds is 1. The largest absolute Gasteiger partial charge is 0.405 e. The van der Waals surface area contributed by atoms with E-state index < -0.39 is 23.6 Å². The lowest BCUT2D eigenvalue weighted by atomic mass is 10.2. The summed E-state index contributed by atoms with van der Waals surface area (Å²) >= 11 is 0. The Bertz CT molecular complexity index is 457. The predicted octanol–water partition coefficient (Wildman–Crippen LogP) is 1.66. The van der Waals surface area contributed by atoms with E-state index in [1.807, 2.05) is 0 Å². The minimum absolute atomic E-state index is 0.00546. The lowest BCUT2D eigenvalue weighted by Gasteiger charge is -2.01. The summed E-state index contributed by atoms with van der Waals surface area (Å²) < 4.78 is 30.6. The number of hydrogen-bond donors (Lipinski definition) is 0. The number of ether oxygens (including phenoxy) is 1. The lowest BCUT2D eigenvalue weighted by Crippen LogP contribution is -2.11. The Kier molecular flexibility index (Phi) is 2.22. The highest BCUT2D eigenvalue weighted by atomic mass is 19.1. The third kappa shape index (κ3) is 1.72. The van der Waals surface area contributed by atoms with Crippen molar-refractivity contribution in [3.8, 4) is 0 Å². The van der Waals surface area contributed by atoms with E-state index in [9.17, 15) is 13.6 Å². The van der Waals surface area contributed by atoms with Crippen molar-refractivity contribution in [1.82, 2.24) is 0 Å². The van der Waals surface area contributed by atoms with Gasteiger partial charge in [-0.1, -0.05) is 0 Å². The quantitative estimate of drug-likeness (QED) is 0.662. The van der Waals surface area contributed by atoms with E-state index >= 15 is 0 Å². The number of carbonyl (C=O) groups is 1. The monoisotopic (exact) mass is 211 g/mol. The van der Waals surface area contributed by atoms with E-state index in [2.05, 4.69) is 4.99 Å². The summed E-state index contributed by atoms with van der Waals surface area (Å²) in [6.07, 6.45) is 0. The first-order valence-electron chi connectivity index (χ1n) is 4.33. The minimum atomic E-state index is -0.796. The smallest absolute Gasteiger partial charge is 0.337 e. The normalized spacial score (nSPS) is 20.1. The SMILES string of the molecule is CC1N=C(c2ccc(F)cc2F)OC1=O. The number of hydrogen-bond acceptors (Lipinski definition) is 3. The number of aliphatic imine (C=N–C) groups is 1. The van der Waals surface area contributed by atoms with Crippen LogP contribution in [0.1, 0.15) is 12.5 Å². The average molecular weight is 211 g/mol. The zero-order valence-corrected chi connectivity index (χ0v) is 7.83. The van der Waals surface area contributed by atoms with Crippen LogP contribution in [0.25, 0.3) is 0 Å². The van der Waals surface area contributed by atoms with Crippen LogP contribution in [0.5, 0.6) is 0 Å². The third-order valence-corrected chi connectivity index (χ3v) is 2.01. The average Bonchev–Trinajstić information content (AvgIpc) is 2.46. The molecule has 0 aromatic heterocycles. The molecule has 15 heavy (non-hydrogen) atoms. The first-order valence-corrected chi connectivity index (χ1v) is 4.33. The zero-order chi connectivity index (χ0) is 11.0. The van der Waals surface area contributed by atoms with Crippen molar-refractivity contribution in [3.05, 3.63) is 35.4 Å². The molecule has 0 saturated carbocycles. The summed E-state index contributed by atoms with van der Waals surface area (Å²) in [6.45, 7) is 1.54. The number of nitrogens with zero attached hydrogens (tertiary/aromatic N) is 1. The maximum absolute atomic E-state index is 13.2. The summed E-state index contributed by atoms with van der Waals surface area (Å²) in [4.78, 5) is 14.8. The van der Waals surface area contributed by atoms with Crippen molar-refractivity contribution in [3.63, 3.8) is 0 Å². The van der Waals surface area contributed by atoms with Crippen molar-refractivity contribution < 1.29 is 18.3 Å². The fourth-order valence-electron chi connectivity index (χ4n) is 1.22. The van der Waals surface area contributed by atoms with Gasteiger partial charge in [-0.3, -0.25) is 0 Å². The van der Waals surface area contributed by atoms with Crippen LogP contribution in [-0.2, 0) is 9.53 Å². The minimum Gasteiger partial charge on any atom is -0.405 e. The number of carbonyl (C=O) groups excluding carboxylic acids is 1. The van der Waals surface area contributed by atoms with Crippen LogP contribution in [0, 0.1) is 11.6 Å². The molecule has 0 bridgehead atoms. The van der Waals surface area contributed by atoms with E-state index in [0.717, 1.165) is 6.07 Å². The van der Waals surface area contributed by atoms with Crippen LogP contribution < -0.4 is 0 Å². The molecule has 1 unspecified atom stereocenters. The molecule has 1 aromatic rings. The fraction of sp³-hybridized carbons (Fsp3) is 0.200. The molecule has 2 rings (SSSR count). The Morgan fingerprint density at radius 1 is 1.40 bits per heavy atom. The van der Waals surface area contributed by atoms with Gasteiger partial charge in [0.25, 0.3) is 0 Å². The molecular weight excluding hydrogens is 204 g/mol. The molecule has 0 fully saturated rings. The van der Waals surface area contributed by atoms with Gasteiger partial charge in [-0.15, -0.1) is 0 Å². The molecule has 0 amide bonds. The Morgan fingerprint density at radius 2 is 2.13 bits per heavy atom. The molecule has 1 heterocycles. The van der Waals surface area contributed by atoms with E-state index in [-0.39, 0.29) is 11.5 Å². The summed E-state index contributed by atoms with van der Waals surface area (Å²) in [7, 11) is 0. The highest BCUT2D eigenvalue weighted by molar-refractivity contribution is 6.06. The Morgan fingerprint density at radius 3 is 2.67 bits per heavy atom. The molecule has 5 heteroatoms. The van der Waals surface area contributed by atoms with E-state index in [1.165, 1.54) is 13.0 Å². The van der Waals surface area contributed by atoms with Crippen LogP contribution in [-0.4, -0.2) is 17.9 Å². The molecule has 78 valence electrons. The van der Waals surface area contributed by atoms with Crippen molar-refractivity contribution in [1.29, 1.82) is 0 Å². The van der Waals surface area contributed by atoms with Gasteiger partial charge in [0.1, 0.15) is 17.7 Å². The highest BCUT2D eigenvalue weighted by Crippen LogP contribution is 2.16. The van der Waals surface area contributed by atoms with Crippen LogP contribution in [0.2, 0.25) is 0 Å². The summed E-state index contributed by atoms with van der Waals surface area (Å²) in [5.74, 6) is -2.11. The number of benzene rings is 1. The second kappa shape index (κ2) is 3.42. The lowest BCUT2D eigenvalue weighted by molar-refractivity contribution is -0.134. The van der Waals surface area contributed by atoms with Gasteiger partial charge in [-0.2, -0.15) is 0 Å². The van der Waals surface area contributed by atoms with Crippen LogP contribution in [0.4, 0.5) is 8.78 Å². The van der Waals surface area contributed by atoms with Gasteiger partial charge in [0.05, 0.1) is 5.56 Å². The van der Waals surface area contributed by atoms with Crippen LogP contribution in [0.3, 0.4) is 0 Å². The van der Waals surface area contributed by atoms with Crippen molar-refractivity contribution in [2.24, 2.45) is 4.99 Å². The molecule has 1 aromatic carbocycles. The predicted molar refractivity (Wildman–Crippen MR) is 48.4 cm³/mol. The molecule has 0 spiro atoms. The molecule has 1 atom stereocenters. The Balaban J connectivity index is 2.39. The second-order valence-corrected chi connectivity index (χ2v) is 3.16. The topological polar surface area (TPSA) is 38.7 Å². The van der Waals surface area contributed by atoms with Crippen LogP contribution in [0.15, 0.2) is 23.2 Å². The number of halogens is 2. The maximum atomic E-state index is 13.2. The van der Waals surface area contributed by atoms with Gasteiger partial charge in [0.15, 0.2) is 0 Å². The molecule has 1 aliphatic heterocycles. The molecule has 0 aliphatic carbocycles. The third-order valence-electron chi connectivity index (χ3n) is 2.01. The van der Waals surface area contributed by atoms with Gasteiger partial charge in [-0.05, 0) is 19.1 Å². The first-order chi connectivity index (χ1) is 7.08. The summed E-state index contributed by atoms with van der Waals surface area (Å²) in [5, 5.41) is 0. The van der Waals surface area contributed by atoms with Crippen molar-refractivity contribution in [2.45, 2.75) is 13.0 Å². The highest BCUT2D eigenvalue weighted by Gasteiger charge is 2.27. The van der Waals surface area contributed by atoms with E-state index in [4.69, 9.17) is 4.74 Å².